The molecule has 0 bridgehead atoms. The Kier molecular flexibility index (Phi) is 11.3. The molecule has 0 spiro atoms. The smallest absolute Gasteiger partial charge is 0.241 e. The van der Waals surface area contributed by atoms with Crippen molar-refractivity contribution in [2.75, 3.05) is 4.90 Å². The lowest BCUT2D eigenvalue weighted by Crippen LogP contribution is -2.51. The Labute approximate surface area is 487 Å². The molecule has 394 valence electrons. The summed E-state index contributed by atoms with van der Waals surface area (Å²) in [5, 5.41) is 5.62. The normalized spacial score (nSPS) is 14.6. The van der Waals surface area contributed by atoms with Crippen LogP contribution in [-0.2, 0) is 6.42 Å². The minimum absolute atomic E-state index is 0.0575. The highest BCUT2D eigenvalue weighted by atomic mass is 16.3. The average molecular weight is 1070 g/mol. The van der Waals surface area contributed by atoms with E-state index < -0.39 is 0 Å². The predicted octanol–water partition coefficient (Wildman–Crippen LogP) is 15.9. The molecular weight excluding hydrogens is 1020 g/mol. The SMILES string of the molecule is C1=C(B(c2ccccc2)c2ccccc2)CCC=C1n1c2c(c3cc(B(c4ccccc4)c4ccccc4)ccc31)CC1C(=C2)N(c2cc(-c3ccc4oc5ccccc5c4c3)nc(-c3ccc4oc5ccccc5c4c3)c2)c2ccccc21. The molecule has 0 saturated carbocycles. The van der Waals surface area contributed by atoms with E-state index in [1.54, 1.807) is 0 Å². The van der Waals surface area contributed by atoms with Crippen LogP contribution in [0.2, 0.25) is 0 Å². The van der Waals surface area contributed by atoms with Crippen LogP contribution in [0, 0.1) is 0 Å². The highest BCUT2D eigenvalue weighted by Crippen LogP contribution is 2.54. The van der Waals surface area contributed by atoms with Gasteiger partial charge in [-0.1, -0.05) is 227 Å². The molecule has 1 atom stereocenters. The Balaban J connectivity index is 0.887. The van der Waals surface area contributed by atoms with Crippen LogP contribution in [0.15, 0.2) is 293 Å². The molecule has 4 aromatic heterocycles. The molecule has 0 fully saturated rings. The van der Waals surface area contributed by atoms with Gasteiger partial charge in [0.25, 0.3) is 0 Å². The van der Waals surface area contributed by atoms with Gasteiger partial charge in [-0.05, 0) is 115 Å². The molecular formula is C77H53B2N3O2. The number of fused-ring (bicyclic) bond motifs is 12. The van der Waals surface area contributed by atoms with Gasteiger partial charge in [0, 0.05) is 61.1 Å². The number of benzene rings is 10. The lowest BCUT2D eigenvalue weighted by molar-refractivity contribution is 0.668. The number of nitrogens with zero attached hydrogens (tertiary/aromatic N) is 3. The fourth-order valence-corrected chi connectivity index (χ4v) is 14.3. The molecule has 1 unspecified atom stereocenters. The minimum atomic E-state index is 0.0575. The first-order valence-electron chi connectivity index (χ1n) is 29.4. The van der Waals surface area contributed by atoms with Gasteiger partial charge in [0.15, 0.2) is 0 Å². The van der Waals surface area contributed by atoms with Crippen molar-refractivity contribution in [3.63, 3.8) is 0 Å². The van der Waals surface area contributed by atoms with Crippen molar-refractivity contribution < 1.29 is 8.83 Å². The fourth-order valence-electron chi connectivity index (χ4n) is 14.3. The van der Waals surface area contributed by atoms with E-state index in [1.165, 1.54) is 77.6 Å². The number of aromatic nitrogens is 2. The summed E-state index contributed by atoms with van der Waals surface area (Å²) in [4.78, 5) is 8.14. The maximum absolute atomic E-state index is 6.37. The van der Waals surface area contributed by atoms with Crippen LogP contribution in [0.1, 0.15) is 35.6 Å². The standard InChI is InChI=1S/C77H53B2N3O2/c1-5-20-52(21-6-1)78(53-22-7-2-8-23-53)56-28-19-29-58(44-56)81-71-39-38-57(79(54-24-9-3-10-25-54)55-26-11-4-12-27-55)45-63(71)65-48-64-60-30-13-16-33-70(60)82(72(64)49-73(65)81)59-46-68(50-36-40-76-66(42-50)61-31-14-17-34-74(61)83-76)80-69(47-59)51-37-41-77-67(43-51)62-32-15-18-35-75(62)84-77/h1-18,20-27,29-47,49,64H,19,28,48H2. The number of pyridine rings is 1. The second kappa shape index (κ2) is 19.7. The number of allylic oxidation sites excluding steroid dienone is 5. The van der Waals surface area contributed by atoms with Crippen LogP contribution in [0.4, 0.5) is 11.4 Å². The minimum Gasteiger partial charge on any atom is -0.456 e. The zero-order chi connectivity index (χ0) is 55.2. The van der Waals surface area contributed by atoms with Gasteiger partial charge in [-0.3, -0.25) is 0 Å². The number of anilines is 2. The summed E-state index contributed by atoms with van der Waals surface area (Å²) in [6, 6.07) is 94.8. The Hall–Kier alpha value is -10.4. The van der Waals surface area contributed by atoms with E-state index in [2.05, 4.69) is 264 Å². The molecule has 5 nitrogen and oxygen atoms in total. The Bertz CT molecular complexity index is 4810. The second-order valence-corrected chi connectivity index (χ2v) is 22.8. The maximum atomic E-state index is 6.37. The van der Waals surface area contributed by atoms with Gasteiger partial charge in [-0.15, -0.1) is 0 Å². The average Bonchev–Trinajstić information content (AvgIpc) is 2.49. The van der Waals surface area contributed by atoms with E-state index in [9.17, 15) is 0 Å². The monoisotopic (exact) mass is 1070 g/mol. The van der Waals surface area contributed by atoms with E-state index in [1.807, 2.05) is 24.3 Å². The van der Waals surface area contributed by atoms with E-state index in [4.69, 9.17) is 13.8 Å². The van der Waals surface area contributed by atoms with Crippen molar-refractivity contribution in [2.24, 2.45) is 0 Å². The maximum Gasteiger partial charge on any atom is 0.241 e. The van der Waals surface area contributed by atoms with Crippen molar-refractivity contribution in [2.45, 2.75) is 25.2 Å². The van der Waals surface area contributed by atoms with Crippen molar-refractivity contribution in [1.82, 2.24) is 9.55 Å². The molecule has 17 rings (SSSR count). The largest absolute Gasteiger partial charge is 0.456 e. The molecule has 1 aliphatic heterocycles. The first kappa shape index (κ1) is 48.4. The van der Waals surface area contributed by atoms with Gasteiger partial charge in [-0.2, -0.15) is 0 Å². The molecule has 0 N–H and O–H groups in total. The third-order valence-electron chi connectivity index (χ3n) is 18.0. The first-order chi connectivity index (χ1) is 41.6. The summed E-state index contributed by atoms with van der Waals surface area (Å²) in [5.41, 5.74) is 25.0. The molecule has 84 heavy (non-hydrogen) atoms. The highest BCUT2D eigenvalue weighted by molar-refractivity contribution is 6.95. The van der Waals surface area contributed by atoms with E-state index in [0.717, 1.165) is 91.3 Å². The van der Waals surface area contributed by atoms with Crippen LogP contribution >= 0.6 is 0 Å². The summed E-state index contributed by atoms with van der Waals surface area (Å²) in [5.74, 6) is 0.0878. The van der Waals surface area contributed by atoms with Gasteiger partial charge in [0.1, 0.15) is 22.3 Å². The number of furan rings is 2. The summed E-state index contributed by atoms with van der Waals surface area (Å²) < 4.78 is 15.3. The quantitative estimate of drug-likeness (QED) is 0.128. The van der Waals surface area contributed by atoms with Crippen LogP contribution in [0.25, 0.3) is 89.1 Å². The molecule has 0 saturated heterocycles. The molecule has 14 aromatic rings. The topological polar surface area (TPSA) is 47.3 Å². The lowest BCUT2D eigenvalue weighted by Gasteiger charge is -2.28. The van der Waals surface area contributed by atoms with Crippen molar-refractivity contribution in [3.05, 3.63) is 301 Å². The summed E-state index contributed by atoms with van der Waals surface area (Å²) >= 11 is 0. The molecule has 3 aliphatic rings. The number of rotatable bonds is 10. The van der Waals surface area contributed by atoms with Gasteiger partial charge < -0.3 is 18.3 Å². The van der Waals surface area contributed by atoms with Gasteiger partial charge in [0.05, 0.1) is 28.3 Å². The molecule has 5 heterocycles. The van der Waals surface area contributed by atoms with Crippen LogP contribution < -0.4 is 32.2 Å². The van der Waals surface area contributed by atoms with E-state index >= 15 is 0 Å². The molecule has 10 aromatic carbocycles. The van der Waals surface area contributed by atoms with Crippen molar-refractivity contribution in [3.8, 4) is 22.5 Å². The fraction of sp³-hybridized carbons (Fsp3) is 0.0519. The Morgan fingerprint density at radius 2 is 0.952 bits per heavy atom. The van der Waals surface area contributed by atoms with Crippen molar-refractivity contribution in [1.29, 1.82) is 0 Å². The zero-order valence-corrected chi connectivity index (χ0v) is 46.1. The summed E-state index contributed by atoms with van der Waals surface area (Å²) in [6.07, 6.45) is 10.3. The van der Waals surface area contributed by atoms with Crippen LogP contribution in [0.3, 0.4) is 0 Å². The van der Waals surface area contributed by atoms with Gasteiger partial charge in [0.2, 0.25) is 13.4 Å². The number of para-hydroxylation sites is 3. The van der Waals surface area contributed by atoms with Gasteiger partial charge >= 0.3 is 0 Å². The Morgan fingerprint density at radius 1 is 0.429 bits per heavy atom. The third kappa shape index (κ3) is 7.98. The second-order valence-electron chi connectivity index (χ2n) is 22.8. The molecule has 2 aliphatic carbocycles. The van der Waals surface area contributed by atoms with E-state index in [0.29, 0.717) is 0 Å². The zero-order valence-electron chi connectivity index (χ0n) is 46.1. The van der Waals surface area contributed by atoms with Crippen LogP contribution in [-0.4, -0.2) is 23.0 Å². The van der Waals surface area contributed by atoms with Crippen molar-refractivity contribution >= 4 is 119 Å². The first-order valence-corrected chi connectivity index (χ1v) is 29.4. The van der Waals surface area contributed by atoms with E-state index in [-0.39, 0.29) is 19.3 Å². The molecule has 7 heteroatoms. The highest BCUT2D eigenvalue weighted by Gasteiger charge is 2.40. The molecule has 0 amide bonds. The van der Waals surface area contributed by atoms with Gasteiger partial charge in [-0.25, -0.2) is 4.98 Å². The number of hydrogen-bond acceptors (Lipinski definition) is 4. The molecule has 0 radical (unpaired) electrons. The summed E-state index contributed by atoms with van der Waals surface area (Å²) in [7, 11) is 0. The predicted molar refractivity (Wildman–Crippen MR) is 352 cm³/mol. The van der Waals surface area contributed by atoms with Crippen LogP contribution in [0.5, 0.6) is 0 Å². The third-order valence-corrected chi connectivity index (χ3v) is 18.0. The summed E-state index contributed by atoms with van der Waals surface area (Å²) in [6.45, 7) is 0.179. The Morgan fingerprint density at radius 3 is 1.55 bits per heavy atom. The lowest BCUT2D eigenvalue weighted by atomic mass is 9.35. The number of hydrogen-bond donors (Lipinski definition) is 0.